The zero-order valence-corrected chi connectivity index (χ0v) is 15.2. The summed E-state index contributed by atoms with van der Waals surface area (Å²) in [5.41, 5.74) is 4.18. The summed E-state index contributed by atoms with van der Waals surface area (Å²) in [6, 6.07) is 16.4. The Bertz CT molecular complexity index is 1020. The van der Waals surface area contributed by atoms with Crippen molar-refractivity contribution in [3.05, 3.63) is 76.7 Å². The molecule has 25 heavy (non-hydrogen) atoms. The van der Waals surface area contributed by atoms with E-state index in [2.05, 4.69) is 67.5 Å². The number of benzene rings is 2. The average Bonchev–Trinajstić information content (AvgIpc) is 3.01. The zero-order valence-electron chi connectivity index (χ0n) is 13.6. The molecule has 0 saturated heterocycles. The molecule has 4 aromatic rings. The van der Waals surface area contributed by atoms with Crippen LogP contribution in [0.15, 0.2) is 65.5 Å². The van der Waals surface area contributed by atoms with E-state index >= 15 is 0 Å². The first-order chi connectivity index (χ1) is 12.2. The molecule has 2 aromatic carbocycles. The fourth-order valence-corrected chi connectivity index (χ4v) is 3.14. The Hall–Kier alpha value is -2.73. The third-order valence-corrected chi connectivity index (χ3v) is 4.46. The molecule has 0 amide bonds. The van der Waals surface area contributed by atoms with Gasteiger partial charge in [-0.25, -0.2) is 14.6 Å². The highest BCUT2D eigenvalue weighted by atomic mass is 79.9. The lowest BCUT2D eigenvalue weighted by Gasteiger charge is -2.07. The van der Waals surface area contributed by atoms with Crippen molar-refractivity contribution in [2.75, 3.05) is 5.32 Å². The van der Waals surface area contributed by atoms with Crippen molar-refractivity contribution in [1.82, 2.24) is 19.7 Å². The quantitative estimate of drug-likeness (QED) is 0.546. The summed E-state index contributed by atoms with van der Waals surface area (Å²) < 4.78 is 2.94. The lowest BCUT2D eigenvalue weighted by atomic mass is 10.2. The number of hydrogen-bond donors (Lipinski definition) is 1. The van der Waals surface area contributed by atoms with Crippen molar-refractivity contribution in [1.29, 1.82) is 0 Å². The second-order valence-corrected chi connectivity index (χ2v) is 6.80. The van der Waals surface area contributed by atoms with Gasteiger partial charge in [0.15, 0.2) is 5.65 Å². The molecule has 1 N–H and O–H groups in total. The number of rotatable bonds is 4. The molecule has 0 atom stereocenters. The van der Waals surface area contributed by atoms with E-state index in [1.807, 2.05) is 35.1 Å². The number of halogens is 1. The number of hydrogen-bond acceptors (Lipinski definition) is 4. The van der Waals surface area contributed by atoms with Crippen LogP contribution in [0.3, 0.4) is 0 Å². The van der Waals surface area contributed by atoms with Crippen molar-refractivity contribution in [3.8, 4) is 0 Å². The molecule has 6 heteroatoms. The molecular weight excluding hydrogens is 378 g/mol. The minimum atomic E-state index is 0.657. The normalized spacial score (nSPS) is 11.0. The maximum atomic E-state index is 4.50. The molecule has 124 valence electrons. The van der Waals surface area contributed by atoms with Crippen LogP contribution in [0, 0.1) is 6.92 Å². The third-order valence-electron chi connectivity index (χ3n) is 3.97. The first-order valence-electron chi connectivity index (χ1n) is 7.94. The van der Waals surface area contributed by atoms with Gasteiger partial charge in [-0.15, -0.1) is 0 Å². The van der Waals surface area contributed by atoms with Gasteiger partial charge >= 0.3 is 0 Å². The predicted octanol–water partition coefficient (Wildman–Crippen LogP) is 4.69. The number of aromatic nitrogens is 4. The van der Waals surface area contributed by atoms with E-state index in [0.717, 1.165) is 32.6 Å². The van der Waals surface area contributed by atoms with Crippen molar-refractivity contribution < 1.29 is 0 Å². The second kappa shape index (κ2) is 6.64. The van der Waals surface area contributed by atoms with Crippen molar-refractivity contribution >= 4 is 38.5 Å². The number of nitrogens with one attached hydrogen (secondary N) is 1. The molecule has 0 bridgehead atoms. The Morgan fingerprint density at radius 1 is 1.08 bits per heavy atom. The topological polar surface area (TPSA) is 55.6 Å². The highest BCUT2D eigenvalue weighted by Gasteiger charge is 2.10. The Morgan fingerprint density at radius 3 is 2.72 bits per heavy atom. The number of nitrogens with zero attached hydrogens (tertiary/aromatic N) is 4. The maximum absolute atomic E-state index is 4.50. The van der Waals surface area contributed by atoms with Crippen LogP contribution in [0.5, 0.6) is 0 Å². The molecule has 0 aliphatic rings. The summed E-state index contributed by atoms with van der Waals surface area (Å²) in [7, 11) is 0. The van der Waals surface area contributed by atoms with E-state index in [0.29, 0.717) is 6.54 Å². The molecule has 0 aliphatic heterocycles. The molecule has 0 aliphatic carbocycles. The van der Waals surface area contributed by atoms with Gasteiger partial charge in [-0.3, -0.25) is 0 Å². The Kier molecular flexibility index (Phi) is 4.19. The summed E-state index contributed by atoms with van der Waals surface area (Å²) in [6.45, 7) is 2.72. The molecular formula is C19H16BrN5. The molecule has 2 aromatic heterocycles. The third kappa shape index (κ3) is 3.39. The largest absolute Gasteiger partial charge is 0.340 e. The smallest absolute Gasteiger partial charge is 0.163 e. The van der Waals surface area contributed by atoms with E-state index in [-0.39, 0.29) is 0 Å². The van der Waals surface area contributed by atoms with Crippen LogP contribution in [0.1, 0.15) is 11.1 Å². The van der Waals surface area contributed by atoms with Crippen LogP contribution >= 0.6 is 15.9 Å². The molecule has 0 fully saturated rings. The Balaban J connectivity index is 1.66. The molecule has 4 rings (SSSR count). The summed E-state index contributed by atoms with van der Waals surface area (Å²) in [5.74, 6) is 0.759. The SMILES string of the molecule is Cc1ccc(Nc2ncnc3c2cnn3Cc2cccc(Br)c2)cc1. The van der Waals surface area contributed by atoms with Gasteiger partial charge in [-0.05, 0) is 36.8 Å². The van der Waals surface area contributed by atoms with Crippen LogP contribution in [0.2, 0.25) is 0 Å². The maximum Gasteiger partial charge on any atom is 0.163 e. The van der Waals surface area contributed by atoms with Gasteiger partial charge in [-0.1, -0.05) is 45.8 Å². The Labute approximate surface area is 153 Å². The van der Waals surface area contributed by atoms with Gasteiger partial charge in [0.25, 0.3) is 0 Å². The first-order valence-corrected chi connectivity index (χ1v) is 8.73. The van der Waals surface area contributed by atoms with Gasteiger partial charge in [0.1, 0.15) is 12.1 Å². The standard InChI is InChI=1S/C19H16BrN5/c1-13-5-7-16(8-6-13)24-18-17-10-23-25(19(17)22-12-21-18)11-14-3-2-4-15(20)9-14/h2-10,12H,11H2,1H3,(H,21,22,24). The van der Waals surface area contributed by atoms with Crippen LogP contribution < -0.4 is 5.32 Å². The summed E-state index contributed by atoms with van der Waals surface area (Å²) in [6.07, 6.45) is 3.38. The summed E-state index contributed by atoms with van der Waals surface area (Å²) in [4.78, 5) is 8.79. The van der Waals surface area contributed by atoms with E-state index < -0.39 is 0 Å². The van der Waals surface area contributed by atoms with Gasteiger partial charge in [0.05, 0.1) is 18.1 Å². The van der Waals surface area contributed by atoms with Gasteiger partial charge in [-0.2, -0.15) is 5.10 Å². The van der Waals surface area contributed by atoms with E-state index in [1.165, 1.54) is 5.56 Å². The average molecular weight is 394 g/mol. The highest BCUT2D eigenvalue weighted by Crippen LogP contribution is 2.23. The van der Waals surface area contributed by atoms with E-state index in [9.17, 15) is 0 Å². The highest BCUT2D eigenvalue weighted by molar-refractivity contribution is 9.10. The van der Waals surface area contributed by atoms with Crippen molar-refractivity contribution in [2.24, 2.45) is 0 Å². The van der Waals surface area contributed by atoms with Gasteiger partial charge in [0.2, 0.25) is 0 Å². The van der Waals surface area contributed by atoms with Gasteiger partial charge in [0, 0.05) is 10.2 Å². The van der Waals surface area contributed by atoms with Crippen molar-refractivity contribution in [2.45, 2.75) is 13.5 Å². The molecule has 0 radical (unpaired) electrons. The zero-order chi connectivity index (χ0) is 17.2. The lowest BCUT2D eigenvalue weighted by Crippen LogP contribution is -2.03. The fraction of sp³-hybridized carbons (Fsp3) is 0.105. The number of aryl methyl sites for hydroxylation is 1. The fourth-order valence-electron chi connectivity index (χ4n) is 2.69. The molecule has 5 nitrogen and oxygen atoms in total. The van der Waals surface area contributed by atoms with E-state index in [1.54, 1.807) is 6.33 Å². The number of fused-ring (bicyclic) bond motifs is 1. The molecule has 0 unspecified atom stereocenters. The monoisotopic (exact) mass is 393 g/mol. The Morgan fingerprint density at radius 2 is 1.92 bits per heavy atom. The number of anilines is 2. The first kappa shape index (κ1) is 15.8. The summed E-state index contributed by atoms with van der Waals surface area (Å²) >= 11 is 3.50. The van der Waals surface area contributed by atoms with E-state index in [4.69, 9.17) is 0 Å². The molecule has 2 heterocycles. The van der Waals surface area contributed by atoms with Crippen molar-refractivity contribution in [3.63, 3.8) is 0 Å². The molecule has 0 spiro atoms. The second-order valence-electron chi connectivity index (χ2n) is 5.88. The van der Waals surface area contributed by atoms with Crippen LogP contribution in [0.25, 0.3) is 11.0 Å². The van der Waals surface area contributed by atoms with Crippen LogP contribution in [-0.2, 0) is 6.54 Å². The van der Waals surface area contributed by atoms with Crippen LogP contribution in [0.4, 0.5) is 11.5 Å². The lowest BCUT2D eigenvalue weighted by molar-refractivity contribution is 0.703. The van der Waals surface area contributed by atoms with Crippen LogP contribution in [-0.4, -0.2) is 19.7 Å². The molecule has 0 saturated carbocycles. The minimum Gasteiger partial charge on any atom is -0.340 e. The predicted molar refractivity (Wildman–Crippen MR) is 103 cm³/mol. The summed E-state index contributed by atoms with van der Waals surface area (Å²) in [5, 5.41) is 8.75. The minimum absolute atomic E-state index is 0.657. The van der Waals surface area contributed by atoms with Gasteiger partial charge < -0.3 is 5.32 Å².